The van der Waals surface area contributed by atoms with Crippen LogP contribution in [0.15, 0.2) is 64.5 Å². The normalized spacial score (nSPS) is 11.3. The monoisotopic (exact) mass is 464 g/mol. The number of benzene rings is 2. The Bertz CT molecular complexity index is 1510. The fourth-order valence-corrected chi connectivity index (χ4v) is 5.51. The number of sulfone groups is 1. The summed E-state index contributed by atoms with van der Waals surface area (Å²) in [5.41, 5.74) is 2.33. The SMILES string of the molecule is Cc1cc(C)cc(S(=O)(=O)c2c(C(=O)Nc3ccnc(C#N)c3)[nH]c3ccc(Cl)cc23)c1. The molecule has 0 bridgehead atoms. The van der Waals surface area contributed by atoms with E-state index in [4.69, 9.17) is 16.9 Å². The predicted molar refractivity (Wildman–Crippen MR) is 122 cm³/mol. The Balaban J connectivity index is 1.91. The second-order valence-electron chi connectivity index (χ2n) is 7.34. The zero-order chi connectivity index (χ0) is 23.0. The van der Waals surface area contributed by atoms with Crippen LogP contribution in [0.4, 0.5) is 5.69 Å². The van der Waals surface area contributed by atoms with Crippen molar-refractivity contribution in [2.45, 2.75) is 23.6 Å². The number of carbonyl (C=O) groups excluding carboxylic acids is 1. The molecule has 0 aliphatic heterocycles. The highest BCUT2D eigenvalue weighted by atomic mass is 35.5. The van der Waals surface area contributed by atoms with Gasteiger partial charge in [0.2, 0.25) is 9.84 Å². The average molecular weight is 465 g/mol. The van der Waals surface area contributed by atoms with Gasteiger partial charge in [0, 0.05) is 27.8 Å². The molecule has 0 fully saturated rings. The summed E-state index contributed by atoms with van der Waals surface area (Å²) >= 11 is 6.14. The van der Waals surface area contributed by atoms with Gasteiger partial charge >= 0.3 is 0 Å². The summed E-state index contributed by atoms with van der Waals surface area (Å²) in [5.74, 6) is -0.671. The summed E-state index contributed by atoms with van der Waals surface area (Å²) < 4.78 is 27.4. The molecule has 0 radical (unpaired) electrons. The van der Waals surface area contributed by atoms with E-state index in [1.165, 1.54) is 24.4 Å². The number of aromatic amines is 1. The van der Waals surface area contributed by atoms with Crippen molar-refractivity contribution in [2.24, 2.45) is 0 Å². The van der Waals surface area contributed by atoms with Gasteiger partial charge < -0.3 is 10.3 Å². The zero-order valence-corrected chi connectivity index (χ0v) is 18.7. The average Bonchev–Trinajstić information content (AvgIpc) is 3.12. The number of H-pyrrole nitrogens is 1. The van der Waals surface area contributed by atoms with Gasteiger partial charge in [0.05, 0.1) is 4.90 Å². The van der Waals surface area contributed by atoms with Gasteiger partial charge in [-0.25, -0.2) is 13.4 Å². The molecule has 2 N–H and O–H groups in total. The summed E-state index contributed by atoms with van der Waals surface area (Å²) in [5, 5.41) is 12.3. The Hall–Kier alpha value is -3.67. The Morgan fingerprint density at radius 2 is 1.81 bits per heavy atom. The van der Waals surface area contributed by atoms with Crippen LogP contribution < -0.4 is 5.32 Å². The number of carbonyl (C=O) groups is 1. The third-order valence-electron chi connectivity index (χ3n) is 4.85. The third-order valence-corrected chi connectivity index (χ3v) is 6.90. The first-order valence-corrected chi connectivity index (χ1v) is 11.4. The maximum Gasteiger partial charge on any atom is 0.273 e. The largest absolute Gasteiger partial charge is 0.349 e. The van der Waals surface area contributed by atoms with E-state index in [1.807, 2.05) is 26.0 Å². The van der Waals surface area contributed by atoms with Crippen LogP contribution in [0.25, 0.3) is 10.9 Å². The number of nitrogens with one attached hydrogen (secondary N) is 2. The first-order valence-electron chi connectivity index (χ1n) is 9.51. The number of rotatable bonds is 4. The molecule has 0 spiro atoms. The van der Waals surface area contributed by atoms with E-state index < -0.39 is 15.7 Å². The highest BCUT2D eigenvalue weighted by Crippen LogP contribution is 2.34. The molecule has 2 aromatic heterocycles. The van der Waals surface area contributed by atoms with E-state index in [0.717, 1.165) is 11.1 Å². The van der Waals surface area contributed by atoms with Crippen molar-refractivity contribution >= 4 is 43.9 Å². The van der Waals surface area contributed by atoms with Crippen molar-refractivity contribution in [1.82, 2.24) is 9.97 Å². The van der Waals surface area contributed by atoms with Crippen LogP contribution in [-0.2, 0) is 9.84 Å². The minimum Gasteiger partial charge on any atom is -0.349 e. The number of fused-ring (bicyclic) bond motifs is 1. The van der Waals surface area contributed by atoms with Gasteiger partial charge in [0.25, 0.3) is 5.91 Å². The molecule has 2 heterocycles. The Morgan fingerprint density at radius 3 is 2.50 bits per heavy atom. The standard InChI is InChI=1S/C23H17ClN4O3S/c1-13-7-14(2)9-18(8-13)32(30,31)22-19-10-15(24)3-4-20(19)28-21(22)23(29)27-16-5-6-26-17(11-16)12-25/h3-11,28H,1-2H3,(H,26,27,29). The van der Waals surface area contributed by atoms with Crippen LogP contribution in [0.3, 0.4) is 0 Å². The molecular weight excluding hydrogens is 448 g/mol. The van der Waals surface area contributed by atoms with Gasteiger partial charge in [0.15, 0.2) is 0 Å². The molecule has 4 rings (SSSR count). The second-order valence-corrected chi connectivity index (χ2v) is 9.66. The molecule has 0 unspecified atom stereocenters. The van der Waals surface area contributed by atoms with Crippen LogP contribution in [0.5, 0.6) is 0 Å². The molecule has 4 aromatic rings. The molecule has 32 heavy (non-hydrogen) atoms. The van der Waals surface area contributed by atoms with Crippen LogP contribution in [-0.4, -0.2) is 24.3 Å². The van der Waals surface area contributed by atoms with E-state index in [9.17, 15) is 13.2 Å². The summed E-state index contributed by atoms with van der Waals surface area (Å²) in [6.45, 7) is 3.61. The van der Waals surface area contributed by atoms with Crippen molar-refractivity contribution in [1.29, 1.82) is 5.26 Å². The highest BCUT2D eigenvalue weighted by Gasteiger charge is 2.30. The van der Waals surface area contributed by atoms with Crippen LogP contribution in [0, 0.1) is 25.2 Å². The number of halogens is 1. The van der Waals surface area contributed by atoms with Gasteiger partial charge in [-0.2, -0.15) is 5.26 Å². The lowest BCUT2D eigenvalue weighted by molar-refractivity contribution is 0.102. The van der Waals surface area contributed by atoms with E-state index in [1.54, 1.807) is 24.3 Å². The maximum absolute atomic E-state index is 13.7. The number of nitriles is 1. The molecule has 0 saturated heterocycles. The number of aryl methyl sites for hydroxylation is 2. The van der Waals surface area contributed by atoms with E-state index >= 15 is 0 Å². The number of aromatic nitrogens is 2. The molecule has 9 heteroatoms. The number of pyridine rings is 1. The van der Waals surface area contributed by atoms with Gasteiger partial charge in [0.1, 0.15) is 22.4 Å². The van der Waals surface area contributed by atoms with Crippen molar-refractivity contribution < 1.29 is 13.2 Å². The lowest BCUT2D eigenvalue weighted by Crippen LogP contribution is -2.16. The van der Waals surface area contributed by atoms with Crippen molar-refractivity contribution in [3.05, 3.63) is 82.3 Å². The summed E-state index contributed by atoms with van der Waals surface area (Å²) in [6.07, 6.45) is 1.38. The van der Waals surface area contributed by atoms with Crippen molar-refractivity contribution in [2.75, 3.05) is 5.32 Å². The molecule has 0 aliphatic carbocycles. The van der Waals surface area contributed by atoms with Crippen LogP contribution in [0.2, 0.25) is 5.02 Å². The number of anilines is 1. The van der Waals surface area contributed by atoms with Gasteiger partial charge in [-0.15, -0.1) is 0 Å². The van der Waals surface area contributed by atoms with E-state index in [2.05, 4.69) is 15.3 Å². The fraction of sp³-hybridized carbons (Fsp3) is 0.0870. The maximum atomic E-state index is 13.7. The number of hydrogen-bond donors (Lipinski definition) is 2. The smallest absolute Gasteiger partial charge is 0.273 e. The van der Waals surface area contributed by atoms with Gasteiger partial charge in [-0.05, 0) is 67.4 Å². The molecule has 160 valence electrons. The Labute approximate surface area is 189 Å². The lowest BCUT2D eigenvalue weighted by Gasteiger charge is -2.10. The third kappa shape index (κ3) is 3.96. The summed E-state index contributed by atoms with van der Waals surface area (Å²) in [7, 11) is -4.08. The minimum atomic E-state index is -4.08. The summed E-state index contributed by atoms with van der Waals surface area (Å²) in [4.78, 5) is 19.9. The quantitative estimate of drug-likeness (QED) is 0.450. The highest BCUT2D eigenvalue weighted by molar-refractivity contribution is 7.91. The van der Waals surface area contributed by atoms with Crippen LogP contribution >= 0.6 is 11.6 Å². The van der Waals surface area contributed by atoms with Gasteiger partial charge in [-0.1, -0.05) is 17.7 Å². The number of nitrogens with zero attached hydrogens (tertiary/aromatic N) is 2. The molecule has 1 amide bonds. The molecule has 0 atom stereocenters. The number of hydrogen-bond acceptors (Lipinski definition) is 5. The van der Waals surface area contributed by atoms with E-state index in [0.29, 0.717) is 21.6 Å². The molecular formula is C23H17ClN4O3S. The minimum absolute atomic E-state index is 0.0839. The predicted octanol–water partition coefficient (Wildman–Crippen LogP) is 4.79. The van der Waals surface area contributed by atoms with Crippen molar-refractivity contribution in [3.8, 4) is 6.07 Å². The molecule has 7 nitrogen and oxygen atoms in total. The fourth-order valence-electron chi connectivity index (χ4n) is 3.55. The van der Waals surface area contributed by atoms with Crippen LogP contribution in [0.1, 0.15) is 27.3 Å². The first kappa shape index (κ1) is 21.6. The van der Waals surface area contributed by atoms with E-state index in [-0.39, 0.29) is 21.2 Å². The first-order chi connectivity index (χ1) is 15.2. The molecule has 0 aliphatic rings. The summed E-state index contributed by atoms with van der Waals surface area (Å²) in [6, 6.07) is 14.5. The van der Waals surface area contributed by atoms with Crippen molar-refractivity contribution in [3.63, 3.8) is 0 Å². The Kier molecular flexibility index (Phi) is 5.46. The Morgan fingerprint density at radius 1 is 1.09 bits per heavy atom. The lowest BCUT2D eigenvalue weighted by atomic mass is 10.2. The van der Waals surface area contributed by atoms with Gasteiger partial charge in [-0.3, -0.25) is 4.79 Å². The molecule has 0 saturated carbocycles. The zero-order valence-electron chi connectivity index (χ0n) is 17.1. The number of amides is 1. The molecule has 2 aromatic carbocycles. The topological polar surface area (TPSA) is 116 Å². The second kappa shape index (κ2) is 8.11.